The van der Waals surface area contributed by atoms with E-state index in [1.165, 1.54) is 6.20 Å². The Morgan fingerprint density at radius 1 is 1.70 bits per heavy atom. The van der Waals surface area contributed by atoms with Gasteiger partial charge >= 0.3 is 0 Å². The van der Waals surface area contributed by atoms with E-state index in [2.05, 4.69) is 0 Å². The summed E-state index contributed by atoms with van der Waals surface area (Å²) in [4.78, 5) is 10.8. The smallest absolute Gasteiger partial charge is 0.260 e. The number of aromatic nitrogens is 1. The van der Waals surface area contributed by atoms with E-state index in [0.717, 1.165) is 8.05 Å². The third kappa shape index (κ3) is 1.34. The van der Waals surface area contributed by atoms with Crippen molar-refractivity contribution < 1.29 is 0 Å². The quantitative estimate of drug-likeness (QED) is 0.516. The second-order valence-corrected chi connectivity index (χ2v) is 3.07. The maximum Gasteiger partial charge on any atom is 0.260 e. The van der Waals surface area contributed by atoms with Gasteiger partial charge in [-0.25, -0.2) is 0 Å². The predicted octanol–water partition coefficient (Wildman–Crippen LogP) is -0.0333. The number of halogens is 1. The minimum atomic E-state index is -0.361. The molecular formula is C5H4BIN2O. The predicted molar refractivity (Wildman–Crippen MR) is 49.0 cm³/mol. The van der Waals surface area contributed by atoms with Crippen LogP contribution in [0, 0.1) is 3.57 Å². The summed E-state index contributed by atoms with van der Waals surface area (Å²) in [7, 11) is 5.24. The van der Waals surface area contributed by atoms with Crippen LogP contribution in [-0.2, 0) is 0 Å². The van der Waals surface area contributed by atoms with Crippen LogP contribution < -0.4 is 11.3 Å². The van der Waals surface area contributed by atoms with Gasteiger partial charge in [0.1, 0.15) is 0 Å². The highest BCUT2D eigenvalue weighted by Gasteiger charge is 1.96. The first-order valence-corrected chi connectivity index (χ1v) is 3.62. The summed E-state index contributed by atoms with van der Waals surface area (Å²) < 4.78 is 1.81. The van der Waals surface area contributed by atoms with Crippen molar-refractivity contribution in [2.75, 3.05) is 5.73 Å². The van der Waals surface area contributed by atoms with Crippen molar-refractivity contribution >= 4 is 36.3 Å². The molecular weight excluding hydrogens is 242 g/mol. The van der Waals surface area contributed by atoms with Gasteiger partial charge in [-0.05, 0) is 28.7 Å². The topological polar surface area (TPSA) is 48.0 Å². The molecule has 2 N–H and O–H groups in total. The molecule has 5 heteroatoms. The highest BCUT2D eigenvalue weighted by Crippen LogP contribution is 2.03. The summed E-state index contributed by atoms with van der Waals surface area (Å²) in [5.74, 6) is 0. The van der Waals surface area contributed by atoms with E-state index in [1.807, 2.05) is 22.6 Å². The van der Waals surface area contributed by atoms with E-state index in [1.54, 1.807) is 6.07 Å². The Bertz CT molecular complexity index is 283. The van der Waals surface area contributed by atoms with Gasteiger partial charge in [0.15, 0.2) is 0 Å². The summed E-state index contributed by atoms with van der Waals surface area (Å²) in [5, 5.41) is 0. The number of hydrogen-bond donors (Lipinski definition) is 1. The van der Waals surface area contributed by atoms with Crippen LogP contribution in [0.4, 0.5) is 5.69 Å². The summed E-state index contributed by atoms with van der Waals surface area (Å²) in [5.41, 5.74) is 5.12. The highest BCUT2D eigenvalue weighted by atomic mass is 127. The Hall–Kier alpha value is -0.455. The van der Waals surface area contributed by atoms with E-state index in [9.17, 15) is 4.79 Å². The fraction of sp³-hybridized carbons (Fsp3) is 0. The fourth-order valence-corrected chi connectivity index (χ4v) is 1.22. The molecule has 50 valence electrons. The molecule has 0 amide bonds. The van der Waals surface area contributed by atoms with Crippen molar-refractivity contribution in [2.24, 2.45) is 0 Å². The van der Waals surface area contributed by atoms with Gasteiger partial charge in [0.05, 0.1) is 5.69 Å². The van der Waals surface area contributed by atoms with Crippen LogP contribution in [0.15, 0.2) is 17.1 Å². The Morgan fingerprint density at radius 3 is 2.80 bits per heavy atom. The lowest BCUT2D eigenvalue weighted by Crippen LogP contribution is -2.21. The van der Waals surface area contributed by atoms with Gasteiger partial charge in [0, 0.05) is 9.77 Å². The zero-order chi connectivity index (χ0) is 7.72. The average Bonchev–Trinajstić information content (AvgIpc) is 1.82. The Morgan fingerprint density at radius 2 is 2.30 bits per heavy atom. The lowest BCUT2D eigenvalue weighted by molar-refractivity contribution is 1.12. The van der Waals surface area contributed by atoms with Crippen LogP contribution in [0.25, 0.3) is 0 Å². The Balaban J connectivity index is 3.46. The van der Waals surface area contributed by atoms with Crippen LogP contribution in [0.2, 0.25) is 0 Å². The van der Waals surface area contributed by atoms with Gasteiger partial charge < -0.3 is 10.2 Å². The van der Waals surface area contributed by atoms with E-state index < -0.39 is 0 Å². The Labute approximate surface area is 72.8 Å². The molecule has 0 aliphatic carbocycles. The first-order valence-electron chi connectivity index (χ1n) is 2.54. The molecule has 3 nitrogen and oxygen atoms in total. The van der Waals surface area contributed by atoms with Crippen LogP contribution in [0.5, 0.6) is 0 Å². The molecule has 1 rings (SSSR count). The number of nitrogen functional groups attached to an aromatic ring is 1. The van der Waals surface area contributed by atoms with E-state index in [4.69, 9.17) is 13.7 Å². The molecule has 0 saturated carbocycles. The minimum Gasteiger partial charge on any atom is -0.394 e. The largest absolute Gasteiger partial charge is 0.394 e. The number of anilines is 1. The SMILES string of the molecule is [B]n1cc(I)cc(N)c1=O. The molecule has 10 heavy (non-hydrogen) atoms. The second-order valence-electron chi connectivity index (χ2n) is 1.83. The Kier molecular flexibility index (Phi) is 2.03. The summed E-state index contributed by atoms with van der Waals surface area (Å²) in [6.07, 6.45) is 1.51. The summed E-state index contributed by atoms with van der Waals surface area (Å²) in [6.45, 7) is 0. The molecule has 0 saturated heterocycles. The standard InChI is InChI=1S/C5H4BIN2O/c6-9-2-3(7)1-4(8)5(9)10/h1-2H,8H2. The maximum atomic E-state index is 10.8. The molecule has 1 heterocycles. The molecule has 2 radical (unpaired) electrons. The fourth-order valence-electron chi connectivity index (χ4n) is 0.588. The summed E-state index contributed by atoms with van der Waals surface area (Å²) >= 11 is 2.03. The minimum absolute atomic E-state index is 0.175. The van der Waals surface area contributed by atoms with Crippen LogP contribution >= 0.6 is 22.6 Å². The molecule has 0 bridgehead atoms. The number of nitrogens with two attached hydrogens (primary N) is 1. The molecule has 0 atom stereocenters. The maximum absolute atomic E-state index is 10.8. The zero-order valence-corrected chi connectivity index (χ0v) is 7.20. The third-order valence-corrected chi connectivity index (χ3v) is 1.63. The van der Waals surface area contributed by atoms with Crippen molar-refractivity contribution in [2.45, 2.75) is 0 Å². The van der Waals surface area contributed by atoms with Gasteiger partial charge in [-0.2, -0.15) is 0 Å². The molecule has 0 aliphatic heterocycles. The van der Waals surface area contributed by atoms with Crippen molar-refractivity contribution in [1.29, 1.82) is 0 Å². The highest BCUT2D eigenvalue weighted by molar-refractivity contribution is 14.1. The number of hydrogen-bond acceptors (Lipinski definition) is 2. The molecule has 0 aromatic carbocycles. The van der Waals surface area contributed by atoms with Gasteiger partial charge in [0.25, 0.3) is 5.56 Å². The van der Waals surface area contributed by atoms with Crippen LogP contribution in [0.3, 0.4) is 0 Å². The van der Waals surface area contributed by atoms with Gasteiger partial charge in [0.2, 0.25) is 7.98 Å². The normalized spacial score (nSPS) is 9.70. The van der Waals surface area contributed by atoms with Crippen molar-refractivity contribution in [3.8, 4) is 0 Å². The third-order valence-electron chi connectivity index (χ3n) is 1.04. The average molecular weight is 246 g/mol. The van der Waals surface area contributed by atoms with Crippen molar-refractivity contribution in [1.82, 2.24) is 4.48 Å². The zero-order valence-electron chi connectivity index (χ0n) is 5.04. The number of rotatable bonds is 0. The molecule has 0 fully saturated rings. The van der Waals surface area contributed by atoms with E-state index in [-0.39, 0.29) is 11.2 Å². The van der Waals surface area contributed by atoms with Crippen LogP contribution in [0.1, 0.15) is 0 Å². The van der Waals surface area contributed by atoms with Crippen LogP contribution in [-0.4, -0.2) is 12.5 Å². The van der Waals surface area contributed by atoms with Gasteiger partial charge in [-0.15, -0.1) is 0 Å². The van der Waals surface area contributed by atoms with Crippen molar-refractivity contribution in [3.63, 3.8) is 0 Å². The summed E-state index contributed by atoms with van der Waals surface area (Å²) in [6, 6.07) is 1.58. The molecule has 0 aliphatic rings. The molecule has 0 unspecified atom stereocenters. The number of pyridine rings is 1. The first kappa shape index (κ1) is 7.65. The second kappa shape index (κ2) is 2.65. The van der Waals surface area contributed by atoms with E-state index in [0.29, 0.717) is 0 Å². The molecule has 1 aromatic rings. The molecule has 1 aromatic heterocycles. The van der Waals surface area contributed by atoms with E-state index >= 15 is 0 Å². The monoisotopic (exact) mass is 246 g/mol. The van der Waals surface area contributed by atoms with Gasteiger partial charge in [-0.3, -0.25) is 4.79 Å². The lowest BCUT2D eigenvalue weighted by atomic mass is 10.3. The van der Waals surface area contributed by atoms with Crippen molar-refractivity contribution in [3.05, 3.63) is 26.2 Å². The van der Waals surface area contributed by atoms with Gasteiger partial charge in [-0.1, -0.05) is 0 Å². The molecule has 0 spiro atoms. The first-order chi connectivity index (χ1) is 4.61. The number of nitrogens with zero attached hydrogens (tertiary/aromatic N) is 1. The lowest BCUT2D eigenvalue weighted by Gasteiger charge is -1.99.